The first-order valence-corrected chi connectivity index (χ1v) is 11.9. The smallest absolute Gasteiger partial charge is 0.255 e. The number of alkyl halides is 2. The van der Waals surface area contributed by atoms with E-state index in [9.17, 15) is 14.4 Å². The first-order chi connectivity index (χ1) is 14.4. The van der Waals surface area contributed by atoms with Gasteiger partial charge < -0.3 is 5.32 Å². The van der Waals surface area contributed by atoms with E-state index in [1.165, 1.54) is 4.90 Å². The third-order valence-corrected chi connectivity index (χ3v) is 8.66. The molecule has 0 bridgehead atoms. The van der Waals surface area contributed by atoms with Gasteiger partial charge in [-0.25, -0.2) is 0 Å². The Balaban J connectivity index is 1.58. The highest BCUT2D eigenvalue weighted by Crippen LogP contribution is 2.44. The Hall–Kier alpha value is -1.99. The number of hydrogen-bond acceptors (Lipinski definition) is 3. The van der Waals surface area contributed by atoms with Crippen molar-refractivity contribution < 1.29 is 14.4 Å². The summed E-state index contributed by atoms with van der Waals surface area (Å²) in [6.45, 7) is 2.03. The summed E-state index contributed by atoms with van der Waals surface area (Å²) in [6.07, 6.45) is 2.05. The first kappa shape index (κ1) is 21.2. The summed E-state index contributed by atoms with van der Waals surface area (Å²) >= 11 is 7.21. The fraction of sp³-hybridized carbons (Fsp3) is 0.348. The number of anilines is 2. The van der Waals surface area contributed by atoms with Crippen molar-refractivity contribution in [2.45, 2.75) is 35.8 Å². The van der Waals surface area contributed by atoms with Crippen molar-refractivity contribution in [3.8, 4) is 0 Å². The number of hydrogen-bond donors (Lipinski definition) is 1. The van der Waals surface area contributed by atoms with E-state index in [0.29, 0.717) is 24.1 Å². The molecule has 5 nitrogen and oxygen atoms in total. The second-order valence-corrected chi connectivity index (χ2v) is 10.1. The van der Waals surface area contributed by atoms with E-state index >= 15 is 0 Å². The lowest BCUT2D eigenvalue weighted by atomic mass is 9.81. The van der Waals surface area contributed by atoms with Crippen molar-refractivity contribution in [1.29, 1.82) is 0 Å². The Morgan fingerprint density at radius 1 is 1.00 bits per heavy atom. The van der Waals surface area contributed by atoms with Gasteiger partial charge in [0.1, 0.15) is 0 Å². The molecule has 1 aliphatic heterocycles. The molecule has 0 spiro atoms. The average Bonchev–Trinajstić information content (AvgIpc) is 2.98. The van der Waals surface area contributed by atoms with E-state index in [2.05, 4.69) is 37.2 Å². The molecule has 2 fully saturated rings. The van der Waals surface area contributed by atoms with E-state index in [4.69, 9.17) is 0 Å². The van der Waals surface area contributed by atoms with Crippen LogP contribution in [0.5, 0.6) is 0 Å². The van der Waals surface area contributed by atoms with Gasteiger partial charge in [-0.1, -0.05) is 63.0 Å². The van der Waals surface area contributed by atoms with Crippen molar-refractivity contribution in [2.75, 3.05) is 10.2 Å². The number of aryl methyl sites for hydroxylation is 1. The van der Waals surface area contributed by atoms with Crippen molar-refractivity contribution in [3.05, 3.63) is 59.7 Å². The molecule has 0 radical (unpaired) electrons. The molecule has 4 atom stereocenters. The lowest BCUT2D eigenvalue weighted by Gasteiger charge is -2.29. The number of para-hydroxylation sites is 1. The Bertz CT molecular complexity index is 981. The number of nitrogens with one attached hydrogen (secondary N) is 1. The van der Waals surface area contributed by atoms with Gasteiger partial charge in [0.25, 0.3) is 5.91 Å². The number of benzene rings is 2. The number of amides is 3. The van der Waals surface area contributed by atoms with Crippen LogP contribution in [0.1, 0.15) is 35.7 Å². The average molecular weight is 534 g/mol. The van der Waals surface area contributed by atoms with Gasteiger partial charge in [-0.15, -0.1) is 0 Å². The normalized spacial score (nSPS) is 25.9. The molecule has 2 aliphatic rings. The van der Waals surface area contributed by atoms with Crippen molar-refractivity contribution in [1.82, 2.24) is 0 Å². The predicted octanol–water partition coefficient (Wildman–Crippen LogP) is 4.93. The second kappa shape index (κ2) is 8.63. The van der Waals surface area contributed by atoms with Crippen molar-refractivity contribution in [3.63, 3.8) is 0 Å². The van der Waals surface area contributed by atoms with Gasteiger partial charge in [0, 0.05) is 20.9 Å². The molecule has 7 heteroatoms. The van der Waals surface area contributed by atoms with Crippen LogP contribution in [0.25, 0.3) is 0 Å². The summed E-state index contributed by atoms with van der Waals surface area (Å²) in [5, 5.41) is 2.94. The summed E-state index contributed by atoms with van der Waals surface area (Å²) < 4.78 is 0. The number of halogens is 2. The van der Waals surface area contributed by atoms with Gasteiger partial charge in [-0.05, 0) is 49.1 Å². The Labute approximate surface area is 192 Å². The predicted molar refractivity (Wildman–Crippen MR) is 124 cm³/mol. The molecule has 1 saturated carbocycles. The zero-order chi connectivity index (χ0) is 21.4. The molecule has 1 aliphatic carbocycles. The minimum Gasteiger partial charge on any atom is -0.322 e. The number of rotatable bonds is 4. The number of imide groups is 1. The minimum absolute atomic E-state index is 0.159. The molecule has 30 heavy (non-hydrogen) atoms. The standard InChI is InChI=1S/C23H22Br2N2O3/c1-2-13-6-3-4-9-20(13)26-21(28)14-7-5-8-15(10-14)27-22(29)16-11-18(24)19(25)12-17(16)23(27)30/h3-10,16-19H,2,11-12H2,1H3,(H,26,28)/t16-,17+,18-,19-/m0/s1. The number of carbonyl (C=O) groups excluding carboxylic acids is 3. The van der Waals surface area contributed by atoms with Crippen LogP contribution in [0.3, 0.4) is 0 Å². The monoisotopic (exact) mass is 532 g/mol. The highest BCUT2D eigenvalue weighted by Gasteiger charge is 2.52. The zero-order valence-electron chi connectivity index (χ0n) is 16.5. The molecule has 3 amide bonds. The third-order valence-electron chi connectivity index (χ3n) is 5.92. The van der Waals surface area contributed by atoms with Gasteiger partial charge in [0.05, 0.1) is 17.5 Å². The number of carbonyl (C=O) groups is 3. The molecule has 1 heterocycles. The Morgan fingerprint density at radius 2 is 1.63 bits per heavy atom. The first-order valence-electron chi connectivity index (χ1n) is 10.1. The quantitative estimate of drug-likeness (QED) is 0.447. The highest BCUT2D eigenvalue weighted by atomic mass is 79.9. The van der Waals surface area contributed by atoms with Crippen LogP contribution < -0.4 is 10.2 Å². The maximum atomic E-state index is 13.0. The van der Waals surface area contributed by atoms with E-state index < -0.39 is 0 Å². The van der Waals surface area contributed by atoms with Gasteiger partial charge in [0.2, 0.25) is 11.8 Å². The van der Waals surface area contributed by atoms with Crippen LogP contribution in [0, 0.1) is 11.8 Å². The molecule has 1 saturated heterocycles. The Morgan fingerprint density at radius 3 is 2.27 bits per heavy atom. The lowest BCUT2D eigenvalue weighted by Crippen LogP contribution is -2.34. The van der Waals surface area contributed by atoms with Gasteiger partial charge in [-0.2, -0.15) is 0 Å². The summed E-state index contributed by atoms with van der Waals surface area (Å²) in [6, 6.07) is 14.4. The van der Waals surface area contributed by atoms with Gasteiger partial charge in [0.15, 0.2) is 0 Å². The third kappa shape index (κ3) is 3.85. The van der Waals surface area contributed by atoms with Crippen LogP contribution in [-0.2, 0) is 16.0 Å². The lowest BCUT2D eigenvalue weighted by molar-refractivity contribution is -0.122. The van der Waals surface area contributed by atoms with Crippen LogP contribution in [-0.4, -0.2) is 27.4 Å². The topological polar surface area (TPSA) is 66.5 Å². The fourth-order valence-electron chi connectivity index (χ4n) is 4.28. The van der Waals surface area contributed by atoms with Crippen LogP contribution in [0.2, 0.25) is 0 Å². The van der Waals surface area contributed by atoms with E-state index in [0.717, 1.165) is 17.7 Å². The molecule has 1 N–H and O–H groups in total. The summed E-state index contributed by atoms with van der Waals surface area (Å²) in [4.78, 5) is 40.5. The van der Waals surface area contributed by atoms with Gasteiger partial charge >= 0.3 is 0 Å². The van der Waals surface area contributed by atoms with E-state index in [1.807, 2.05) is 31.2 Å². The molecule has 2 aromatic carbocycles. The SMILES string of the molecule is CCc1ccccc1NC(=O)c1cccc(N2C(=O)[C@H]3C[C@H](Br)[C@@H](Br)C[C@H]3C2=O)c1. The van der Waals surface area contributed by atoms with Gasteiger partial charge in [-0.3, -0.25) is 19.3 Å². The van der Waals surface area contributed by atoms with E-state index in [-0.39, 0.29) is 39.2 Å². The van der Waals surface area contributed by atoms with E-state index in [1.54, 1.807) is 24.3 Å². The van der Waals surface area contributed by atoms with Crippen LogP contribution >= 0.6 is 31.9 Å². The minimum atomic E-state index is -0.315. The maximum Gasteiger partial charge on any atom is 0.255 e. The Kier molecular flexibility index (Phi) is 6.11. The molecule has 156 valence electrons. The zero-order valence-corrected chi connectivity index (χ0v) is 19.6. The number of fused-ring (bicyclic) bond motifs is 1. The number of nitrogens with zero attached hydrogens (tertiary/aromatic N) is 1. The molecular weight excluding hydrogens is 512 g/mol. The molecule has 2 aromatic rings. The van der Waals surface area contributed by atoms with Crippen molar-refractivity contribution in [2.24, 2.45) is 11.8 Å². The maximum absolute atomic E-state index is 13.0. The summed E-state index contributed by atoms with van der Waals surface area (Å²) in [5.74, 6) is -1.25. The van der Waals surface area contributed by atoms with Crippen LogP contribution in [0.15, 0.2) is 48.5 Å². The summed E-state index contributed by atoms with van der Waals surface area (Å²) in [5.41, 5.74) is 2.67. The molecule has 4 rings (SSSR count). The highest BCUT2D eigenvalue weighted by molar-refractivity contribution is 9.12. The fourth-order valence-corrected chi connectivity index (χ4v) is 5.52. The largest absolute Gasteiger partial charge is 0.322 e. The molecule has 0 unspecified atom stereocenters. The summed E-state index contributed by atoms with van der Waals surface area (Å²) in [7, 11) is 0. The molecule has 0 aromatic heterocycles. The molecular formula is C23H22Br2N2O3. The van der Waals surface area contributed by atoms with Crippen LogP contribution in [0.4, 0.5) is 11.4 Å². The van der Waals surface area contributed by atoms with Crippen molar-refractivity contribution >= 4 is 61.0 Å². The second-order valence-electron chi connectivity index (χ2n) is 7.74.